The lowest BCUT2D eigenvalue weighted by atomic mass is 10.3. The Kier molecular flexibility index (Phi) is 2.48. The van der Waals surface area contributed by atoms with Gasteiger partial charge in [-0.2, -0.15) is 0 Å². The van der Waals surface area contributed by atoms with Gasteiger partial charge in [0.25, 0.3) is 0 Å². The Morgan fingerprint density at radius 2 is 2.25 bits per heavy atom. The fourth-order valence-corrected chi connectivity index (χ4v) is 1.88. The molecule has 1 aromatic rings. The van der Waals surface area contributed by atoms with Crippen LogP contribution in [0, 0.1) is 6.92 Å². The maximum atomic E-state index is 10.7. The van der Waals surface area contributed by atoms with Gasteiger partial charge in [0.15, 0.2) is 0 Å². The number of carbonyl (C=O) groups is 1. The molecule has 0 aromatic carbocycles. The maximum Gasteiger partial charge on any atom is 0.354 e. The van der Waals surface area contributed by atoms with Gasteiger partial charge in [-0.1, -0.05) is 8.58 Å². The van der Waals surface area contributed by atoms with Crippen LogP contribution in [0.25, 0.3) is 0 Å². The average molecular weight is 186 g/mol. The zero-order valence-electron chi connectivity index (χ0n) is 7.25. The Labute approximate surface area is 72.4 Å². The van der Waals surface area contributed by atoms with E-state index in [-0.39, 0.29) is 0 Å². The molecule has 0 aliphatic rings. The van der Waals surface area contributed by atoms with Gasteiger partial charge in [0.05, 0.1) is 5.69 Å². The molecule has 4 nitrogen and oxygen atoms in total. The molecular weight excluding hydrogens is 175 g/mol. The molecule has 0 bridgehead atoms. The van der Waals surface area contributed by atoms with Gasteiger partial charge in [-0.3, -0.25) is 0 Å². The quantitative estimate of drug-likeness (QED) is 0.678. The minimum absolute atomic E-state index is 0.291. The van der Waals surface area contributed by atoms with E-state index < -0.39 is 5.97 Å². The summed E-state index contributed by atoms with van der Waals surface area (Å²) < 4.78 is 1.64. The van der Waals surface area contributed by atoms with Crippen molar-refractivity contribution in [2.45, 2.75) is 6.92 Å². The number of hydrogen-bond donors (Lipinski definition) is 1. The van der Waals surface area contributed by atoms with E-state index in [9.17, 15) is 4.79 Å². The highest BCUT2D eigenvalue weighted by molar-refractivity contribution is 7.45. The molecule has 1 atom stereocenters. The monoisotopic (exact) mass is 186 g/mol. The van der Waals surface area contributed by atoms with Gasteiger partial charge < -0.3 is 9.67 Å². The van der Waals surface area contributed by atoms with E-state index in [1.54, 1.807) is 18.5 Å². The minimum atomic E-state index is -0.910. The van der Waals surface area contributed by atoms with Crippen LogP contribution in [0.2, 0.25) is 0 Å². The minimum Gasteiger partial charge on any atom is -0.477 e. The second-order valence-corrected chi connectivity index (χ2v) is 3.43. The first-order valence-corrected chi connectivity index (χ1v) is 5.02. The standard InChI is InChI=1S/C7H11N2O2P/c1-4-5(6(10)11)9(2)7(8-4)12-3/h12H,1-3H3,(H,10,11). The summed E-state index contributed by atoms with van der Waals surface area (Å²) in [5.74, 6) is -0.910. The van der Waals surface area contributed by atoms with Crippen molar-refractivity contribution in [2.24, 2.45) is 7.05 Å². The highest BCUT2D eigenvalue weighted by Crippen LogP contribution is 2.09. The molecule has 12 heavy (non-hydrogen) atoms. The summed E-state index contributed by atoms with van der Waals surface area (Å²) in [6.45, 7) is 3.69. The lowest BCUT2D eigenvalue weighted by Crippen LogP contribution is -2.14. The Morgan fingerprint density at radius 1 is 1.67 bits per heavy atom. The number of aryl methyl sites for hydroxylation is 1. The summed E-state index contributed by atoms with van der Waals surface area (Å²) in [5, 5.41) is 8.80. The van der Waals surface area contributed by atoms with Crippen LogP contribution < -0.4 is 5.57 Å². The van der Waals surface area contributed by atoms with E-state index in [0.717, 1.165) is 5.57 Å². The summed E-state index contributed by atoms with van der Waals surface area (Å²) in [5.41, 5.74) is 1.72. The zero-order valence-corrected chi connectivity index (χ0v) is 8.25. The maximum absolute atomic E-state index is 10.7. The predicted octanol–water partition coefficient (Wildman–Crippen LogP) is 0.360. The summed E-state index contributed by atoms with van der Waals surface area (Å²) in [7, 11) is 2.26. The van der Waals surface area contributed by atoms with Gasteiger partial charge in [0.1, 0.15) is 11.3 Å². The van der Waals surface area contributed by atoms with E-state index in [0.29, 0.717) is 20.0 Å². The van der Waals surface area contributed by atoms with Gasteiger partial charge in [-0.05, 0) is 13.6 Å². The van der Waals surface area contributed by atoms with Crippen molar-refractivity contribution in [3.63, 3.8) is 0 Å². The number of nitrogens with zero attached hydrogens (tertiary/aromatic N) is 2. The molecule has 0 aliphatic carbocycles. The Bertz CT molecular complexity index is 319. The first-order valence-electron chi connectivity index (χ1n) is 3.52. The summed E-state index contributed by atoms with van der Waals surface area (Å²) >= 11 is 0. The number of carboxylic acid groups (broad SMARTS) is 1. The molecule has 1 N–H and O–H groups in total. The lowest BCUT2D eigenvalue weighted by Gasteiger charge is -1.99. The van der Waals surface area contributed by atoms with Crippen molar-refractivity contribution in [1.82, 2.24) is 9.55 Å². The number of imidazole rings is 1. The van der Waals surface area contributed by atoms with Crippen molar-refractivity contribution in [2.75, 3.05) is 6.66 Å². The van der Waals surface area contributed by atoms with E-state index in [4.69, 9.17) is 5.11 Å². The zero-order chi connectivity index (χ0) is 9.30. The first-order chi connectivity index (χ1) is 5.57. The number of rotatable bonds is 2. The second-order valence-electron chi connectivity index (χ2n) is 2.48. The Balaban J connectivity index is 3.28. The van der Waals surface area contributed by atoms with Crippen LogP contribution >= 0.6 is 8.58 Å². The van der Waals surface area contributed by atoms with Crippen molar-refractivity contribution in [1.29, 1.82) is 0 Å². The molecule has 0 saturated carbocycles. The summed E-state index contributed by atoms with van der Waals surface area (Å²) in [6.07, 6.45) is 0. The topological polar surface area (TPSA) is 55.1 Å². The number of hydrogen-bond acceptors (Lipinski definition) is 2. The fraction of sp³-hybridized carbons (Fsp3) is 0.429. The molecule has 5 heteroatoms. The third-order valence-corrected chi connectivity index (χ3v) is 2.59. The molecule has 1 unspecified atom stereocenters. The van der Waals surface area contributed by atoms with E-state index >= 15 is 0 Å². The smallest absolute Gasteiger partial charge is 0.354 e. The predicted molar refractivity (Wildman–Crippen MR) is 48.8 cm³/mol. The second kappa shape index (κ2) is 3.23. The Hall–Kier alpha value is -0.890. The van der Waals surface area contributed by atoms with Crippen molar-refractivity contribution < 1.29 is 9.90 Å². The van der Waals surface area contributed by atoms with E-state index in [2.05, 4.69) is 4.98 Å². The van der Waals surface area contributed by atoms with Crippen LogP contribution in [0.4, 0.5) is 0 Å². The molecule has 1 rings (SSSR count). The highest BCUT2D eigenvalue weighted by Gasteiger charge is 2.15. The number of aromatic carboxylic acids is 1. The molecule has 0 fully saturated rings. The Morgan fingerprint density at radius 3 is 2.50 bits per heavy atom. The largest absolute Gasteiger partial charge is 0.477 e. The molecule has 0 amide bonds. The van der Waals surface area contributed by atoms with Crippen LogP contribution in [0.15, 0.2) is 0 Å². The first kappa shape index (κ1) is 9.20. The van der Waals surface area contributed by atoms with Crippen LogP contribution in [0.3, 0.4) is 0 Å². The lowest BCUT2D eigenvalue weighted by molar-refractivity contribution is 0.0686. The average Bonchev–Trinajstić information content (AvgIpc) is 2.25. The van der Waals surface area contributed by atoms with Crippen molar-refractivity contribution >= 4 is 20.1 Å². The van der Waals surface area contributed by atoms with Crippen LogP contribution in [0.5, 0.6) is 0 Å². The third kappa shape index (κ3) is 1.34. The van der Waals surface area contributed by atoms with E-state index in [1.807, 2.05) is 6.66 Å². The highest BCUT2D eigenvalue weighted by atomic mass is 31.1. The van der Waals surface area contributed by atoms with Gasteiger partial charge in [0, 0.05) is 7.05 Å². The van der Waals surface area contributed by atoms with Crippen molar-refractivity contribution in [3.05, 3.63) is 11.4 Å². The molecule has 1 aromatic heterocycles. The van der Waals surface area contributed by atoms with Gasteiger partial charge in [-0.25, -0.2) is 9.78 Å². The van der Waals surface area contributed by atoms with Gasteiger partial charge in [0.2, 0.25) is 0 Å². The fourth-order valence-electron chi connectivity index (χ4n) is 1.16. The van der Waals surface area contributed by atoms with Crippen LogP contribution in [-0.4, -0.2) is 27.3 Å². The molecule has 0 aliphatic heterocycles. The molecule has 66 valence electrons. The van der Waals surface area contributed by atoms with Crippen LogP contribution in [0.1, 0.15) is 16.2 Å². The summed E-state index contributed by atoms with van der Waals surface area (Å²) in [4.78, 5) is 14.9. The SMILES string of the molecule is CPc1nc(C)c(C(=O)O)n1C. The van der Waals surface area contributed by atoms with E-state index in [1.165, 1.54) is 0 Å². The normalized spacial score (nSPS) is 11.2. The summed E-state index contributed by atoms with van der Waals surface area (Å²) in [6, 6.07) is 0. The van der Waals surface area contributed by atoms with Crippen molar-refractivity contribution in [3.8, 4) is 0 Å². The number of aromatic nitrogens is 2. The van der Waals surface area contributed by atoms with Gasteiger partial charge in [-0.15, -0.1) is 0 Å². The molecule has 1 heterocycles. The third-order valence-electron chi connectivity index (χ3n) is 1.70. The molecular formula is C7H11N2O2P. The number of carboxylic acids is 1. The molecule has 0 radical (unpaired) electrons. The van der Waals surface area contributed by atoms with Crippen LogP contribution in [-0.2, 0) is 7.05 Å². The molecule has 0 saturated heterocycles. The molecule has 0 spiro atoms. The van der Waals surface area contributed by atoms with Gasteiger partial charge >= 0.3 is 5.97 Å².